The molecule has 2 heterocycles. The summed E-state index contributed by atoms with van der Waals surface area (Å²) in [5, 5.41) is 3.56. The minimum Gasteiger partial charge on any atom is -0.381 e. The average Bonchev–Trinajstić information content (AvgIpc) is 3.29. The van der Waals surface area contributed by atoms with E-state index < -0.39 is 5.41 Å². The maximum absolute atomic E-state index is 4.68. The van der Waals surface area contributed by atoms with E-state index in [0.29, 0.717) is 0 Å². The van der Waals surface area contributed by atoms with Gasteiger partial charge in [0, 0.05) is 24.0 Å². The van der Waals surface area contributed by atoms with Gasteiger partial charge >= 0.3 is 0 Å². The molecule has 0 amide bonds. The number of pyridine rings is 1. The third kappa shape index (κ3) is 3.45. The summed E-state index contributed by atoms with van der Waals surface area (Å²) in [5.41, 5.74) is 13.0. The molecule has 2 nitrogen and oxygen atoms in total. The number of dihydropyridines is 1. The molecule has 0 saturated carbocycles. The molecule has 1 unspecified atom stereocenters. The summed E-state index contributed by atoms with van der Waals surface area (Å²) in [5.74, 6) is 0. The highest BCUT2D eigenvalue weighted by Crippen LogP contribution is 2.57. The largest absolute Gasteiger partial charge is 0.381 e. The van der Waals surface area contributed by atoms with Gasteiger partial charge in [0.25, 0.3) is 0 Å². The van der Waals surface area contributed by atoms with Crippen LogP contribution in [0.15, 0.2) is 134 Å². The highest BCUT2D eigenvalue weighted by Gasteiger charge is 2.46. The van der Waals surface area contributed by atoms with Gasteiger partial charge in [0.15, 0.2) is 0 Å². The normalized spacial score (nSPS) is 17.3. The first-order chi connectivity index (χ1) is 18.7. The number of fused-ring (bicyclic) bond motifs is 3. The molecule has 0 spiro atoms. The summed E-state index contributed by atoms with van der Waals surface area (Å²) in [7, 11) is 0. The highest BCUT2D eigenvalue weighted by atomic mass is 14.9. The van der Waals surface area contributed by atoms with E-state index in [-0.39, 0.29) is 0 Å². The van der Waals surface area contributed by atoms with Gasteiger partial charge in [0.05, 0.1) is 11.1 Å². The van der Waals surface area contributed by atoms with Gasteiger partial charge in [0.1, 0.15) is 0 Å². The van der Waals surface area contributed by atoms with E-state index in [1.807, 2.05) is 12.3 Å². The monoisotopic (exact) mass is 488 g/mol. The number of hydrogen-bond acceptors (Lipinski definition) is 2. The van der Waals surface area contributed by atoms with Crippen LogP contribution in [0.5, 0.6) is 0 Å². The fraction of sp³-hybridized carbons (Fsp3) is 0.0833. The quantitative estimate of drug-likeness (QED) is 0.273. The lowest BCUT2D eigenvalue weighted by molar-refractivity contribution is 0.767. The van der Waals surface area contributed by atoms with Crippen LogP contribution in [-0.4, -0.2) is 11.5 Å². The molecular weight excluding hydrogens is 460 g/mol. The summed E-state index contributed by atoms with van der Waals surface area (Å²) >= 11 is 0. The molecule has 0 radical (unpaired) electrons. The van der Waals surface area contributed by atoms with Crippen LogP contribution in [0.2, 0.25) is 0 Å². The summed E-state index contributed by atoms with van der Waals surface area (Å²) in [6, 6.07) is 40.0. The van der Waals surface area contributed by atoms with Crippen molar-refractivity contribution in [2.24, 2.45) is 0 Å². The van der Waals surface area contributed by atoms with Crippen LogP contribution in [0.4, 0.5) is 0 Å². The Morgan fingerprint density at radius 3 is 2.05 bits per heavy atom. The molecule has 1 aliphatic carbocycles. The molecule has 38 heavy (non-hydrogen) atoms. The Bertz CT molecular complexity index is 1700. The lowest BCUT2D eigenvalue weighted by Crippen LogP contribution is -2.29. The first kappa shape index (κ1) is 22.5. The van der Waals surface area contributed by atoms with Gasteiger partial charge in [-0.25, -0.2) is 0 Å². The fourth-order valence-corrected chi connectivity index (χ4v) is 6.12. The SMILES string of the molecule is Cc1ccc(C2(c3ccccc3)c3cc(C4=CC=CCN4)ccc3-c3ccc(-c4ccccn4)cc32)cc1. The van der Waals surface area contributed by atoms with Crippen molar-refractivity contribution in [1.82, 2.24) is 10.3 Å². The van der Waals surface area contributed by atoms with E-state index in [2.05, 4.69) is 139 Å². The summed E-state index contributed by atoms with van der Waals surface area (Å²) in [6.45, 7) is 3.00. The second-order valence-corrected chi connectivity index (χ2v) is 10.1. The van der Waals surface area contributed by atoms with E-state index in [1.54, 1.807) is 0 Å². The van der Waals surface area contributed by atoms with Crippen LogP contribution in [0.1, 0.15) is 33.4 Å². The smallest absolute Gasteiger partial charge is 0.0714 e. The van der Waals surface area contributed by atoms with Gasteiger partial charge in [-0.1, -0.05) is 103 Å². The average molecular weight is 489 g/mol. The Morgan fingerprint density at radius 1 is 0.684 bits per heavy atom. The first-order valence-electron chi connectivity index (χ1n) is 13.2. The molecular formula is C36H28N2. The molecule has 7 rings (SSSR count). The molecule has 5 aromatic rings. The zero-order valence-electron chi connectivity index (χ0n) is 21.4. The number of allylic oxidation sites excluding steroid dienone is 2. The van der Waals surface area contributed by atoms with Gasteiger partial charge in [0.2, 0.25) is 0 Å². The van der Waals surface area contributed by atoms with Crippen molar-refractivity contribution in [2.75, 3.05) is 6.54 Å². The summed E-state index contributed by atoms with van der Waals surface area (Å²) < 4.78 is 0. The number of nitrogens with one attached hydrogen (secondary N) is 1. The number of aryl methyl sites for hydroxylation is 1. The van der Waals surface area contributed by atoms with E-state index in [0.717, 1.165) is 23.5 Å². The molecule has 2 aliphatic rings. The minimum atomic E-state index is -0.453. The Kier molecular flexibility index (Phi) is 5.33. The number of benzene rings is 4. The van der Waals surface area contributed by atoms with Gasteiger partial charge in [-0.3, -0.25) is 4.98 Å². The van der Waals surface area contributed by atoms with Crippen molar-refractivity contribution in [3.63, 3.8) is 0 Å². The topological polar surface area (TPSA) is 24.9 Å². The van der Waals surface area contributed by atoms with Crippen molar-refractivity contribution in [2.45, 2.75) is 12.3 Å². The van der Waals surface area contributed by atoms with Crippen molar-refractivity contribution in [3.05, 3.63) is 167 Å². The van der Waals surface area contributed by atoms with Crippen LogP contribution >= 0.6 is 0 Å². The van der Waals surface area contributed by atoms with Crippen molar-refractivity contribution >= 4 is 5.70 Å². The van der Waals surface area contributed by atoms with E-state index in [9.17, 15) is 0 Å². The Hall–Kier alpha value is -4.69. The van der Waals surface area contributed by atoms with Gasteiger partial charge in [-0.15, -0.1) is 0 Å². The highest BCUT2D eigenvalue weighted by molar-refractivity contribution is 5.89. The molecule has 1 atom stereocenters. The van der Waals surface area contributed by atoms with Crippen molar-refractivity contribution < 1.29 is 0 Å². The molecule has 4 aromatic carbocycles. The molecule has 0 bridgehead atoms. The zero-order chi connectivity index (χ0) is 25.5. The minimum absolute atomic E-state index is 0.453. The van der Waals surface area contributed by atoms with Crippen LogP contribution in [0.25, 0.3) is 28.1 Å². The number of rotatable bonds is 4. The summed E-state index contributed by atoms with van der Waals surface area (Å²) in [4.78, 5) is 4.68. The third-order valence-electron chi connectivity index (χ3n) is 7.91. The van der Waals surface area contributed by atoms with Crippen LogP contribution in [-0.2, 0) is 5.41 Å². The van der Waals surface area contributed by atoms with Gasteiger partial charge in [-0.2, -0.15) is 0 Å². The molecule has 1 aliphatic heterocycles. The number of hydrogen-bond donors (Lipinski definition) is 1. The first-order valence-corrected chi connectivity index (χ1v) is 13.2. The number of aromatic nitrogens is 1. The molecule has 1 aromatic heterocycles. The lowest BCUT2D eigenvalue weighted by Gasteiger charge is -2.34. The zero-order valence-corrected chi connectivity index (χ0v) is 21.4. The molecule has 2 heteroatoms. The Morgan fingerprint density at radius 2 is 1.37 bits per heavy atom. The van der Waals surface area contributed by atoms with Crippen LogP contribution < -0.4 is 5.32 Å². The maximum Gasteiger partial charge on any atom is 0.0714 e. The molecule has 0 saturated heterocycles. The number of nitrogens with zero attached hydrogens (tertiary/aromatic N) is 1. The Balaban J connectivity index is 1.58. The lowest BCUT2D eigenvalue weighted by atomic mass is 9.67. The van der Waals surface area contributed by atoms with Crippen molar-refractivity contribution in [1.29, 1.82) is 0 Å². The van der Waals surface area contributed by atoms with Crippen molar-refractivity contribution in [3.8, 4) is 22.4 Å². The van der Waals surface area contributed by atoms with E-state index >= 15 is 0 Å². The predicted octanol–water partition coefficient (Wildman–Crippen LogP) is 7.92. The maximum atomic E-state index is 4.68. The molecule has 182 valence electrons. The third-order valence-corrected chi connectivity index (χ3v) is 7.91. The molecule has 0 fully saturated rings. The van der Waals surface area contributed by atoms with Gasteiger partial charge in [-0.05, 0) is 76.2 Å². The van der Waals surface area contributed by atoms with E-state index in [4.69, 9.17) is 0 Å². The van der Waals surface area contributed by atoms with Crippen LogP contribution in [0, 0.1) is 6.92 Å². The van der Waals surface area contributed by atoms with Crippen LogP contribution in [0.3, 0.4) is 0 Å². The van der Waals surface area contributed by atoms with Gasteiger partial charge < -0.3 is 5.32 Å². The van der Waals surface area contributed by atoms with E-state index in [1.165, 1.54) is 44.5 Å². The summed E-state index contributed by atoms with van der Waals surface area (Å²) in [6.07, 6.45) is 8.32. The second kappa shape index (κ2) is 9.00. The second-order valence-electron chi connectivity index (χ2n) is 10.1. The predicted molar refractivity (Wildman–Crippen MR) is 157 cm³/mol. The Labute approximate surface area is 224 Å². The standard InChI is InChI=1S/C36H28N2/c1-25-13-17-29(18-14-25)36(28-9-3-2-4-10-28)32-23-26(34-11-5-7-21-37-34)15-19-30(32)31-20-16-27(24-33(31)36)35-12-6-8-22-38-35/h2-21,23-24,38H,22H2,1H3. The fourth-order valence-electron chi connectivity index (χ4n) is 6.12. The molecule has 1 N–H and O–H groups in total.